The van der Waals surface area contributed by atoms with Gasteiger partial charge in [-0.2, -0.15) is 0 Å². The van der Waals surface area contributed by atoms with Crippen molar-refractivity contribution in [3.05, 3.63) is 65.2 Å². The number of rotatable bonds is 5. The summed E-state index contributed by atoms with van der Waals surface area (Å²) in [6, 6.07) is 15.1. The van der Waals surface area contributed by atoms with Gasteiger partial charge in [0.1, 0.15) is 0 Å². The van der Waals surface area contributed by atoms with Crippen LogP contribution >= 0.6 is 0 Å². The number of sulfone groups is 1. The Labute approximate surface area is 178 Å². The second kappa shape index (κ2) is 8.64. The van der Waals surface area contributed by atoms with E-state index in [1.165, 1.54) is 11.8 Å². The van der Waals surface area contributed by atoms with Gasteiger partial charge in [0.2, 0.25) is 9.84 Å². The van der Waals surface area contributed by atoms with Crippen LogP contribution in [0.5, 0.6) is 0 Å². The second-order valence-electron chi connectivity index (χ2n) is 7.96. The molecule has 0 aliphatic carbocycles. The van der Waals surface area contributed by atoms with Gasteiger partial charge in [0.15, 0.2) is 4.91 Å². The molecule has 158 valence electrons. The molecule has 2 aromatic rings. The zero-order valence-electron chi connectivity index (χ0n) is 17.4. The normalized spacial score (nSPS) is 18.0. The van der Waals surface area contributed by atoms with Gasteiger partial charge in [-0.3, -0.25) is 4.79 Å². The topological polar surface area (TPSA) is 57.7 Å². The van der Waals surface area contributed by atoms with Crippen LogP contribution in [0.25, 0.3) is 0 Å². The van der Waals surface area contributed by atoms with Crippen molar-refractivity contribution >= 4 is 27.1 Å². The van der Waals surface area contributed by atoms with Gasteiger partial charge < -0.3 is 9.80 Å². The fraction of sp³-hybridized carbons (Fsp3) is 0.375. The van der Waals surface area contributed by atoms with E-state index in [9.17, 15) is 13.2 Å². The Kier molecular flexibility index (Phi) is 5.95. The highest BCUT2D eigenvalue weighted by atomic mass is 32.2. The minimum atomic E-state index is -3.86. The number of hydrogen-bond acceptors (Lipinski definition) is 4. The summed E-state index contributed by atoms with van der Waals surface area (Å²) >= 11 is 0. The molecule has 2 heterocycles. The summed E-state index contributed by atoms with van der Waals surface area (Å²) in [4.78, 5) is 16.7. The lowest BCUT2D eigenvalue weighted by Gasteiger charge is -2.32. The van der Waals surface area contributed by atoms with Crippen molar-refractivity contribution in [2.24, 2.45) is 0 Å². The third-order valence-electron chi connectivity index (χ3n) is 5.84. The lowest BCUT2D eigenvalue weighted by molar-refractivity contribution is -0.127. The van der Waals surface area contributed by atoms with E-state index in [1.54, 1.807) is 23.1 Å². The van der Waals surface area contributed by atoms with E-state index >= 15 is 0 Å². The van der Waals surface area contributed by atoms with Crippen LogP contribution in [-0.2, 0) is 21.1 Å². The number of nitrogens with zero attached hydrogens (tertiary/aromatic N) is 2. The number of carbonyl (C=O) groups is 1. The maximum absolute atomic E-state index is 13.3. The molecule has 5 nitrogen and oxygen atoms in total. The minimum Gasteiger partial charge on any atom is -0.338 e. The van der Waals surface area contributed by atoms with Crippen LogP contribution in [0.2, 0.25) is 0 Å². The summed E-state index contributed by atoms with van der Waals surface area (Å²) in [6.07, 6.45) is 7.72. The van der Waals surface area contributed by atoms with Crippen LogP contribution in [-0.4, -0.2) is 32.3 Å². The number of anilines is 2. The number of piperidine rings is 1. The van der Waals surface area contributed by atoms with E-state index < -0.39 is 15.7 Å². The molecule has 2 aliphatic heterocycles. The van der Waals surface area contributed by atoms with Crippen LogP contribution in [0.1, 0.15) is 44.6 Å². The van der Waals surface area contributed by atoms with Crippen LogP contribution in [0, 0.1) is 0 Å². The van der Waals surface area contributed by atoms with E-state index in [0.717, 1.165) is 44.2 Å². The quantitative estimate of drug-likeness (QED) is 0.691. The standard InChI is InChI=1S/C24H28N2O3S/c1-2-3-9-19-12-14-20(15-13-19)26-18-23(24(27)25-16-7-4-8-17-25)30(28,29)22-11-6-5-10-21(22)26/h5-6,10-15,18H,2-4,7-9,16-17H2,1H3. The Hall–Kier alpha value is -2.60. The van der Waals surface area contributed by atoms with Gasteiger partial charge in [-0.05, 0) is 61.9 Å². The second-order valence-corrected chi connectivity index (χ2v) is 9.84. The lowest BCUT2D eigenvalue weighted by Crippen LogP contribution is -2.39. The third kappa shape index (κ3) is 3.88. The molecule has 2 aliphatic rings. The Balaban J connectivity index is 1.75. The first-order chi connectivity index (χ1) is 14.5. The van der Waals surface area contributed by atoms with Crippen LogP contribution < -0.4 is 4.90 Å². The molecule has 1 amide bonds. The van der Waals surface area contributed by atoms with Gasteiger partial charge in [0, 0.05) is 25.0 Å². The van der Waals surface area contributed by atoms with Crippen LogP contribution in [0.3, 0.4) is 0 Å². The number of fused-ring (bicyclic) bond motifs is 1. The number of aryl methyl sites for hydroxylation is 1. The molecule has 2 aromatic carbocycles. The van der Waals surface area contributed by atoms with Crippen molar-refractivity contribution in [3.8, 4) is 0 Å². The average Bonchev–Trinajstić information content (AvgIpc) is 2.78. The molecule has 0 unspecified atom stereocenters. The largest absolute Gasteiger partial charge is 0.338 e. The van der Waals surface area contributed by atoms with Crippen molar-refractivity contribution in [3.63, 3.8) is 0 Å². The molecule has 0 spiro atoms. The fourth-order valence-electron chi connectivity index (χ4n) is 4.10. The summed E-state index contributed by atoms with van der Waals surface area (Å²) in [5.41, 5.74) is 2.68. The molecule has 1 saturated heterocycles. The molecule has 1 fully saturated rings. The van der Waals surface area contributed by atoms with E-state index in [4.69, 9.17) is 0 Å². The predicted molar refractivity (Wildman–Crippen MR) is 119 cm³/mol. The molecule has 0 N–H and O–H groups in total. The molecule has 0 bridgehead atoms. The monoisotopic (exact) mass is 424 g/mol. The Bertz CT molecular complexity index is 1050. The van der Waals surface area contributed by atoms with Crippen molar-refractivity contribution in [1.29, 1.82) is 0 Å². The van der Waals surface area contributed by atoms with Gasteiger partial charge in [-0.25, -0.2) is 8.42 Å². The van der Waals surface area contributed by atoms with Crippen molar-refractivity contribution in [2.75, 3.05) is 18.0 Å². The number of hydrogen-bond donors (Lipinski definition) is 0. The molecular formula is C24H28N2O3S. The Morgan fingerprint density at radius 3 is 2.37 bits per heavy atom. The van der Waals surface area contributed by atoms with Crippen molar-refractivity contribution in [2.45, 2.75) is 50.3 Å². The van der Waals surface area contributed by atoms with E-state index in [1.807, 2.05) is 23.1 Å². The molecule has 30 heavy (non-hydrogen) atoms. The maximum Gasteiger partial charge on any atom is 0.267 e. The van der Waals surface area contributed by atoms with Crippen LogP contribution in [0.15, 0.2) is 64.5 Å². The smallest absolute Gasteiger partial charge is 0.267 e. The predicted octanol–water partition coefficient (Wildman–Crippen LogP) is 4.81. The molecule has 0 aromatic heterocycles. The van der Waals surface area contributed by atoms with E-state index in [0.29, 0.717) is 18.8 Å². The van der Waals surface area contributed by atoms with E-state index in [-0.39, 0.29) is 9.80 Å². The maximum atomic E-state index is 13.3. The SMILES string of the molecule is CCCCc1ccc(N2C=C(C(=O)N3CCCCC3)S(=O)(=O)c3ccccc32)cc1. The average molecular weight is 425 g/mol. The van der Waals surface area contributed by atoms with Gasteiger partial charge in [-0.15, -0.1) is 0 Å². The number of unbranched alkanes of at least 4 members (excludes halogenated alkanes) is 1. The van der Waals surface area contributed by atoms with Gasteiger partial charge in [0.25, 0.3) is 5.91 Å². The first kappa shape index (κ1) is 20.7. The third-order valence-corrected chi connectivity index (χ3v) is 7.62. The molecule has 0 radical (unpaired) electrons. The Morgan fingerprint density at radius 2 is 1.67 bits per heavy atom. The number of benzene rings is 2. The zero-order valence-corrected chi connectivity index (χ0v) is 18.2. The fourth-order valence-corrected chi connectivity index (χ4v) is 5.64. The molecule has 6 heteroatoms. The first-order valence-electron chi connectivity index (χ1n) is 10.8. The van der Waals surface area contributed by atoms with Gasteiger partial charge in [-0.1, -0.05) is 37.6 Å². The summed E-state index contributed by atoms with van der Waals surface area (Å²) in [5, 5.41) is 0. The number of para-hydroxylation sites is 1. The molecule has 0 saturated carbocycles. The summed E-state index contributed by atoms with van der Waals surface area (Å²) in [7, 11) is -3.86. The summed E-state index contributed by atoms with van der Waals surface area (Å²) in [6.45, 7) is 3.39. The number of amides is 1. The van der Waals surface area contributed by atoms with Crippen molar-refractivity contribution in [1.82, 2.24) is 4.90 Å². The zero-order chi connectivity index (χ0) is 21.1. The molecular weight excluding hydrogens is 396 g/mol. The highest BCUT2D eigenvalue weighted by molar-refractivity contribution is 7.96. The summed E-state index contributed by atoms with van der Waals surface area (Å²) in [5.74, 6) is -0.395. The first-order valence-corrected chi connectivity index (χ1v) is 12.2. The summed E-state index contributed by atoms with van der Waals surface area (Å²) < 4.78 is 26.6. The molecule has 4 rings (SSSR count). The number of likely N-dealkylation sites (tertiary alicyclic amines) is 1. The van der Waals surface area contributed by atoms with E-state index in [2.05, 4.69) is 19.1 Å². The van der Waals surface area contributed by atoms with Crippen molar-refractivity contribution < 1.29 is 13.2 Å². The number of carbonyl (C=O) groups excluding carboxylic acids is 1. The highest BCUT2D eigenvalue weighted by Gasteiger charge is 2.37. The van der Waals surface area contributed by atoms with Gasteiger partial charge in [0.05, 0.1) is 10.6 Å². The van der Waals surface area contributed by atoms with Crippen LogP contribution in [0.4, 0.5) is 11.4 Å². The minimum absolute atomic E-state index is 0.141. The van der Waals surface area contributed by atoms with Gasteiger partial charge >= 0.3 is 0 Å². The molecule has 0 atom stereocenters. The lowest BCUT2D eigenvalue weighted by atomic mass is 10.1. The highest BCUT2D eigenvalue weighted by Crippen LogP contribution is 2.40. The Morgan fingerprint density at radius 1 is 0.967 bits per heavy atom.